The molecule has 0 nitrogen and oxygen atoms in total. The average molecular weight is 182 g/mol. The van der Waals surface area contributed by atoms with Crippen molar-refractivity contribution in [3.05, 3.63) is 23.3 Å². The molecule has 0 radical (unpaired) electrons. The van der Waals surface area contributed by atoms with E-state index in [1.165, 1.54) is 19.9 Å². The minimum atomic E-state index is -4.46. The maximum atomic E-state index is 12.1. The molecule has 0 bridgehead atoms. The smallest absolute Gasteiger partial charge is 0.247 e. The van der Waals surface area contributed by atoms with Crippen LogP contribution in [0.1, 0.15) is 13.8 Å². The van der Waals surface area contributed by atoms with Gasteiger partial charge < -0.3 is 0 Å². The maximum Gasteiger partial charge on any atom is 0.416 e. The Morgan fingerprint density at radius 1 is 1.33 bits per heavy atom. The Bertz CT molecular complexity index is 198. The van der Waals surface area contributed by atoms with Crippen molar-refractivity contribution in [1.82, 2.24) is 0 Å². The van der Waals surface area contributed by atoms with Crippen LogP contribution in [0.15, 0.2) is 23.3 Å². The lowest BCUT2D eigenvalue weighted by molar-refractivity contribution is -0.0896. The highest BCUT2D eigenvalue weighted by atomic mass is 19.4. The molecule has 0 unspecified atom stereocenters. The Morgan fingerprint density at radius 2 is 1.83 bits per heavy atom. The van der Waals surface area contributed by atoms with Crippen LogP contribution in [0.4, 0.5) is 17.6 Å². The van der Waals surface area contributed by atoms with Gasteiger partial charge in [-0.3, -0.25) is 0 Å². The molecule has 0 fully saturated rings. The summed E-state index contributed by atoms with van der Waals surface area (Å²) in [5.74, 6) is 0. The molecule has 0 heterocycles. The van der Waals surface area contributed by atoms with Gasteiger partial charge in [-0.05, 0) is 25.5 Å². The van der Waals surface area contributed by atoms with Gasteiger partial charge in [0.1, 0.15) is 6.67 Å². The van der Waals surface area contributed by atoms with Gasteiger partial charge in [0, 0.05) is 0 Å². The fourth-order valence-electron chi connectivity index (χ4n) is 0.733. The first kappa shape index (κ1) is 11.2. The second-order valence-corrected chi connectivity index (χ2v) is 2.24. The molecule has 0 spiro atoms. The van der Waals surface area contributed by atoms with E-state index in [1.807, 2.05) is 0 Å². The zero-order valence-corrected chi connectivity index (χ0v) is 6.87. The molecule has 0 saturated carbocycles. The lowest BCUT2D eigenvalue weighted by atomic mass is 10.1. The first-order valence-corrected chi connectivity index (χ1v) is 3.40. The van der Waals surface area contributed by atoms with Crippen LogP contribution in [-0.4, -0.2) is 12.9 Å². The fraction of sp³-hybridized carbons (Fsp3) is 0.500. The number of halogens is 4. The summed E-state index contributed by atoms with van der Waals surface area (Å²) in [5, 5.41) is 0. The Labute approximate surface area is 68.6 Å². The predicted octanol–water partition coefficient (Wildman–Crippen LogP) is 3.41. The predicted molar refractivity (Wildman–Crippen MR) is 39.5 cm³/mol. The topological polar surface area (TPSA) is 0 Å². The van der Waals surface area contributed by atoms with Crippen molar-refractivity contribution < 1.29 is 17.6 Å². The SMILES string of the molecule is C/C=C(C)\C(=C/CF)C(F)(F)F. The van der Waals surface area contributed by atoms with Crippen LogP contribution in [0, 0.1) is 0 Å². The summed E-state index contributed by atoms with van der Waals surface area (Å²) >= 11 is 0. The molecule has 0 atom stereocenters. The highest BCUT2D eigenvalue weighted by Gasteiger charge is 2.33. The summed E-state index contributed by atoms with van der Waals surface area (Å²) in [4.78, 5) is 0. The second-order valence-electron chi connectivity index (χ2n) is 2.24. The first-order valence-electron chi connectivity index (χ1n) is 3.40. The molecule has 0 rings (SSSR count). The van der Waals surface area contributed by atoms with Crippen LogP contribution in [0.2, 0.25) is 0 Å². The molecule has 0 aromatic heterocycles. The summed E-state index contributed by atoms with van der Waals surface area (Å²) in [5.41, 5.74) is -0.854. The third-order valence-electron chi connectivity index (χ3n) is 1.44. The molecule has 0 saturated heterocycles. The van der Waals surface area contributed by atoms with E-state index in [0.29, 0.717) is 6.08 Å². The van der Waals surface area contributed by atoms with Crippen LogP contribution in [0.5, 0.6) is 0 Å². The molecule has 0 aliphatic carbocycles. The van der Waals surface area contributed by atoms with Crippen molar-refractivity contribution in [3.8, 4) is 0 Å². The standard InChI is InChI=1S/C8H10F4/c1-3-6(2)7(4-5-9)8(10,11)12/h3-4H,5H2,1-2H3/b6-3-,7-4+. The maximum absolute atomic E-state index is 12.1. The highest BCUT2D eigenvalue weighted by molar-refractivity contribution is 5.32. The Morgan fingerprint density at radius 3 is 2.08 bits per heavy atom. The molecule has 0 amide bonds. The molecule has 4 heteroatoms. The summed E-state index contributed by atoms with van der Waals surface area (Å²) in [7, 11) is 0. The summed E-state index contributed by atoms with van der Waals surface area (Å²) in [6.45, 7) is 1.68. The fourth-order valence-corrected chi connectivity index (χ4v) is 0.733. The summed E-state index contributed by atoms with van der Waals surface area (Å²) in [6.07, 6.45) is -2.62. The van der Waals surface area contributed by atoms with Crippen LogP contribution in [-0.2, 0) is 0 Å². The van der Waals surface area contributed by atoms with Crippen molar-refractivity contribution in [2.24, 2.45) is 0 Å². The van der Waals surface area contributed by atoms with Crippen molar-refractivity contribution in [2.45, 2.75) is 20.0 Å². The zero-order chi connectivity index (χ0) is 9.78. The Kier molecular flexibility index (Phi) is 4.00. The third kappa shape index (κ3) is 3.07. The zero-order valence-electron chi connectivity index (χ0n) is 6.87. The van der Waals surface area contributed by atoms with Gasteiger partial charge in [0.15, 0.2) is 0 Å². The van der Waals surface area contributed by atoms with Crippen LogP contribution < -0.4 is 0 Å². The van der Waals surface area contributed by atoms with E-state index in [-0.39, 0.29) is 5.57 Å². The molecule has 0 aromatic rings. The molecule has 70 valence electrons. The summed E-state index contributed by atoms with van der Waals surface area (Å²) < 4.78 is 47.9. The van der Waals surface area contributed by atoms with Crippen molar-refractivity contribution in [2.75, 3.05) is 6.67 Å². The lowest BCUT2D eigenvalue weighted by Crippen LogP contribution is -2.13. The molecular weight excluding hydrogens is 172 g/mol. The van der Waals surface area contributed by atoms with Crippen molar-refractivity contribution in [3.63, 3.8) is 0 Å². The van der Waals surface area contributed by atoms with E-state index < -0.39 is 18.4 Å². The van der Waals surface area contributed by atoms with E-state index in [0.717, 1.165) is 0 Å². The van der Waals surface area contributed by atoms with Gasteiger partial charge in [0.25, 0.3) is 0 Å². The molecule has 0 N–H and O–H groups in total. The van der Waals surface area contributed by atoms with Gasteiger partial charge in [-0.2, -0.15) is 13.2 Å². The van der Waals surface area contributed by atoms with Crippen LogP contribution in [0.25, 0.3) is 0 Å². The minimum Gasteiger partial charge on any atom is -0.247 e. The third-order valence-corrected chi connectivity index (χ3v) is 1.44. The Balaban J connectivity index is 4.82. The van der Waals surface area contributed by atoms with E-state index in [1.54, 1.807) is 0 Å². The number of hydrogen-bond donors (Lipinski definition) is 0. The average Bonchev–Trinajstić information content (AvgIpc) is 1.96. The van der Waals surface area contributed by atoms with Gasteiger partial charge in [-0.15, -0.1) is 0 Å². The van der Waals surface area contributed by atoms with Crippen LogP contribution >= 0.6 is 0 Å². The van der Waals surface area contributed by atoms with Crippen molar-refractivity contribution in [1.29, 1.82) is 0 Å². The Hall–Kier alpha value is -0.800. The summed E-state index contributed by atoms with van der Waals surface area (Å²) in [6, 6.07) is 0. The van der Waals surface area contributed by atoms with Gasteiger partial charge in [-0.1, -0.05) is 6.08 Å². The quantitative estimate of drug-likeness (QED) is 0.453. The van der Waals surface area contributed by atoms with E-state index in [4.69, 9.17) is 0 Å². The van der Waals surface area contributed by atoms with Gasteiger partial charge in [-0.25, -0.2) is 4.39 Å². The second kappa shape index (κ2) is 4.28. The number of allylic oxidation sites excluding steroid dienone is 4. The molecule has 0 aliphatic heterocycles. The number of hydrogen-bond acceptors (Lipinski definition) is 0. The van der Waals surface area contributed by atoms with Gasteiger partial charge in [0.05, 0.1) is 5.57 Å². The largest absolute Gasteiger partial charge is 0.416 e. The molecular formula is C8H10F4. The van der Waals surface area contributed by atoms with Gasteiger partial charge >= 0.3 is 6.18 Å². The number of alkyl halides is 4. The van der Waals surface area contributed by atoms with E-state index in [9.17, 15) is 17.6 Å². The normalized spacial score (nSPS) is 15.2. The molecule has 0 aliphatic rings. The van der Waals surface area contributed by atoms with Gasteiger partial charge in [0.2, 0.25) is 0 Å². The monoisotopic (exact) mass is 182 g/mol. The van der Waals surface area contributed by atoms with Crippen molar-refractivity contribution >= 4 is 0 Å². The lowest BCUT2D eigenvalue weighted by Gasteiger charge is -2.10. The highest BCUT2D eigenvalue weighted by Crippen LogP contribution is 2.30. The minimum absolute atomic E-state index is 0.0418. The van der Waals surface area contributed by atoms with E-state index in [2.05, 4.69) is 0 Å². The first-order chi connectivity index (χ1) is 5.43. The van der Waals surface area contributed by atoms with Crippen LogP contribution in [0.3, 0.4) is 0 Å². The molecule has 12 heavy (non-hydrogen) atoms. The molecule has 0 aromatic carbocycles. The van der Waals surface area contributed by atoms with E-state index >= 15 is 0 Å². The number of rotatable bonds is 2.